The second-order valence-electron chi connectivity index (χ2n) is 8.28. The first-order chi connectivity index (χ1) is 15.9. The van der Waals surface area contributed by atoms with Crippen LogP contribution in [0.5, 0.6) is 0 Å². The lowest BCUT2D eigenvalue weighted by Crippen LogP contribution is -2.19. The van der Waals surface area contributed by atoms with Gasteiger partial charge in [-0.1, -0.05) is 36.7 Å². The van der Waals surface area contributed by atoms with Crippen LogP contribution in [0.2, 0.25) is 5.02 Å². The summed E-state index contributed by atoms with van der Waals surface area (Å²) in [7, 11) is 0. The van der Waals surface area contributed by atoms with Crippen LogP contribution in [-0.2, 0) is 12.8 Å². The highest BCUT2D eigenvalue weighted by Gasteiger charge is 2.28. The number of nitrogens with two attached hydrogens (primary N) is 1. The highest BCUT2D eigenvalue weighted by atomic mass is 35.5. The Hall–Kier alpha value is -3.29. The minimum Gasteiger partial charge on any atom is -0.365 e. The lowest BCUT2D eigenvalue weighted by Gasteiger charge is -2.18. The molecule has 33 heavy (non-hydrogen) atoms. The third-order valence-corrected chi connectivity index (χ3v) is 7.42. The topological polar surface area (TPSA) is 98.0 Å². The number of rotatable bonds is 4. The van der Waals surface area contributed by atoms with Crippen LogP contribution in [0.15, 0.2) is 48.7 Å². The van der Waals surface area contributed by atoms with Crippen LogP contribution >= 0.6 is 22.9 Å². The minimum absolute atomic E-state index is 0.351. The number of nitrogens with one attached hydrogen (secondary N) is 1. The second-order valence-corrected chi connectivity index (χ2v) is 9.79. The predicted molar refractivity (Wildman–Crippen MR) is 132 cm³/mol. The summed E-state index contributed by atoms with van der Waals surface area (Å²) in [5, 5.41) is 4.52. The van der Waals surface area contributed by atoms with Crippen LogP contribution in [0.4, 0.5) is 5.00 Å². The maximum absolute atomic E-state index is 13.5. The molecule has 1 aliphatic rings. The van der Waals surface area contributed by atoms with E-state index in [1.165, 1.54) is 11.3 Å². The van der Waals surface area contributed by atoms with Crippen LogP contribution in [0.1, 0.15) is 44.5 Å². The van der Waals surface area contributed by atoms with E-state index >= 15 is 0 Å². The molecule has 5 rings (SSSR count). The summed E-state index contributed by atoms with van der Waals surface area (Å²) in [5.74, 6) is -0.335. The van der Waals surface area contributed by atoms with Crippen LogP contribution in [0.3, 0.4) is 0 Å². The molecule has 3 aromatic heterocycles. The maximum Gasteiger partial charge on any atom is 0.257 e. The molecule has 0 aliphatic heterocycles. The summed E-state index contributed by atoms with van der Waals surface area (Å²) in [6.45, 7) is 2.19. The minimum atomic E-state index is -0.519. The molecular formula is C25H21ClN4O2S. The average Bonchev–Trinajstić information content (AvgIpc) is 3.16. The summed E-state index contributed by atoms with van der Waals surface area (Å²) in [4.78, 5) is 36.0. The van der Waals surface area contributed by atoms with Crippen molar-refractivity contribution >= 4 is 50.7 Å². The number of hydrogen-bond donors (Lipinski definition) is 2. The van der Waals surface area contributed by atoms with E-state index < -0.39 is 5.91 Å². The number of para-hydroxylation sites is 1. The first-order valence-corrected chi connectivity index (χ1v) is 11.9. The SMILES string of the molecule is C[C@@H]1CCc2c(sc(NC(=O)c3cc(-c4ccccn4)nc4c(Cl)cccc34)c2C(N)=O)C1. The third kappa shape index (κ3) is 3.98. The zero-order chi connectivity index (χ0) is 23.1. The molecule has 0 saturated heterocycles. The van der Waals surface area contributed by atoms with Gasteiger partial charge in [-0.3, -0.25) is 14.6 Å². The van der Waals surface area contributed by atoms with Gasteiger partial charge in [0.15, 0.2) is 0 Å². The van der Waals surface area contributed by atoms with Crippen molar-refractivity contribution in [3.8, 4) is 11.4 Å². The molecule has 0 saturated carbocycles. The number of halogens is 1. The molecule has 1 aromatic carbocycles. The number of benzene rings is 1. The van der Waals surface area contributed by atoms with E-state index in [4.69, 9.17) is 17.3 Å². The van der Waals surface area contributed by atoms with Crippen molar-refractivity contribution in [1.29, 1.82) is 0 Å². The fourth-order valence-corrected chi connectivity index (χ4v) is 5.94. The van der Waals surface area contributed by atoms with Gasteiger partial charge >= 0.3 is 0 Å². The Bertz CT molecular complexity index is 1400. The van der Waals surface area contributed by atoms with E-state index in [1.807, 2.05) is 18.2 Å². The Morgan fingerprint density at radius 3 is 2.79 bits per heavy atom. The number of thiophene rings is 1. The first-order valence-electron chi connectivity index (χ1n) is 10.7. The molecule has 1 atom stereocenters. The van der Waals surface area contributed by atoms with E-state index in [-0.39, 0.29) is 5.91 Å². The van der Waals surface area contributed by atoms with E-state index in [0.29, 0.717) is 49.4 Å². The molecule has 0 bridgehead atoms. The Kier molecular flexibility index (Phi) is 5.60. The molecular weight excluding hydrogens is 456 g/mol. The summed E-state index contributed by atoms with van der Waals surface area (Å²) in [6.07, 6.45) is 4.34. The van der Waals surface area contributed by atoms with E-state index in [2.05, 4.69) is 22.2 Å². The van der Waals surface area contributed by atoms with Gasteiger partial charge in [-0.25, -0.2) is 4.98 Å². The van der Waals surface area contributed by atoms with E-state index in [0.717, 1.165) is 29.7 Å². The maximum atomic E-state index is 13.5. The number of carbonyl (C=O) groups excluding carboxylic acids is 2. The lowest BCUT2D eigenvalue weighted by molar-refractivity contribution is 0.1000. The fourth-order valence-electron chi connectivity index (χ4n) is 4.32. The summed E-state index contributed by atoms with van der Waals surface area (Å²) < 4.78 is 0. The lowest BCUT2D eigenvalue weighted by atomic mass is 9.88. The molecule has 3 N–H and O–H groups in total. The number of aromatic nitrogens is 2. The largest absolute Gasteiger partial charge is 0.365 e. The molecule has 1 aliphatic carbocycles. The van der Waals surface area contributed by atoms with Gasteiger partial charge in [-0.05, 0) is 55.0 Å². The second kappa shape index (κ2) is 8.57. The zero-order valence-corrected chi connectivity index (χ0v) is 19.5. The molecule has 166 valence electrons. The summed E-state index contributed by atoms with van der Waals surface area (Å²) >= 11 is 7.87. The normalized spacial score (nSPS) is 15.3. The van der Waals surface area contributed by atoms with Crippen molar-refractivity contribution < 1.29 is 9.59 Å². The Balaban J connectivity index is 1.61. The van der Waals surface area contributed by atoms with Gasteiger partial charge in [0.25, 0.3) is 11.8 Å². The molecule has 0 spiro atoms. The Morgan fingerprint density at radius 1 is 1.18 bits per heavy atom. The molecule has 0 fully saturated rings. The number of hydrogen-bond acceptors (Lipinski definition) is 5. The highest BCUT2D eigenvalue weighted by molar-refractivity contribution is 7.17. The van der Waals surface area contributed by atoms with Gasteiger partial charge in [0.2, 0.25) is 0 Å². The van der Waals surface area contributed by atoms with Crippen molar-refractivity contribution in [2.24, 2.45) is 11.7 Å². The van der Waals surface area contributed by atoms with E-state index in [1.54, 1.807) is 30.5 Å². The zero-order valence-electron chi connectivity index (χ0n) is 17.9. The average molecular weight is 477 g/mol. The van der Waals surface area contributed by atoms with Crippen molar-refractivity contribution in [2.75, 3.05) is 5.32 Å². The van der Waals surface area contributed by atoms with Crippen molar-refractivity contribution in [1.82, 2.24) is 9.97 Å². The number of amides is 2. The van der Waals surface area contributed by atoms with Gasteiger partial charge in [0.05, 0.1) is 33.1 Å². The number of primary amides is 1. The molecule has 0 radical (unpaired) electrons. The van der Waals surface area contributed by atoms with Crippen LogP contribution in [-0.4, -0.2) is 21.8 Å². The first kappa shape index (κ1) is 21.6. The van der Waals surface area contributed by atoms with Crippen molar-refractivity contribution in [3.05, 3.63) is 75.3 Å². The number of carbonyl (C=O) groups is 2. The van der Waals surface area contributed by atoms with E-state index in [9.17, 15) is 9.59 Å². The predicted octanol–water partition coefficient (Wildman–Crippen LogP) is 5.49. The Labute approximate surface area is 199 Å². The molecule has 4 aromatic rings. The van der Waals surface area contributed by atoms with Crippen molar-refractivity contribution in [2.45, 2.75) is 26.2 Å². The molecule has 6 nitrogen and oxygen atoms in total. The van der Waals surface area contributed by atoms with Gasteiger partial charge in [0, 0.05) is 16.5 Å². The monoisotopic (exact) mass is 476 g/mol. The quantitative estimate of drug-likeness (QED) is 0.407. The fraction of sp³-hybridized carbons (Fsp3) is 0.200. The van der Waals surface area contributed by atoms with Crippen LogP contribution in [0, 0.1) is 5.92 Å². The number of pyridine rings is 2. The molecule has 3 heterocycles. The number of anilines is 1. The van der Waals surface area contributed by atoms with Gasteiger partial charge in [0.1, 0.15) is 5.00 Å². The van der Waals surface area contributed by atoms with Gasteiger partial charge in [-0.15, -0.1) is 11.3 Å². The van der Waals surface area contributed by atoms with Crippen LogP contribution in [0.25, 0.3) is 22.3 Å². The Morgan fingerprint density at radius 2 is 2.03 bits per heavy atom. The summed E-state index contributed by atoms with van der Waals surface area (Å²) in [6, 6.07) is 12.5. The van der Waals surface area contributed by atoms with Gasteiger partial charge < -0.3 is 11.1 Å². The third-order valence-electron chi connectivity index (χ3n) is 5.95. The molecule has 0 unspecified atom stereocenters. The standard InChI is InChI=1S/C25H21ClN4O2S/c1-13-8-9-15-20(11-13)33-25(21(15)23(27)31)30-24(32)16-12-19(18-7-2-3-10-28-18)29-22-14(16)5-4-6-17(22)26/h2-7,10,12-13H,8-9,11H2,1H3,(H2,27,31)(H,30,32)/t13-/m1/s1. The summed E-state index contributed by atoms with van der Waals surface area (Å²) in [5.41, 5.74) is 9.21. The smallest absolute Gasteiger partial charge is 0.257 e. The molecule has 2 amide bonds. The number of fused-ring (bicyclic) bond motifs is 2. The van der Waals surface area contributed by atoms with Crippen molar-refractivity contribution in [3.63, 3.8) is 0 Å². The number of nitrogens with zero attached hydrogens (tertiary/aromatic N) is 2. The molecule has 8 heteroatoms. The van der Waals surface area contributed by atoms with Gasteiger partial charge in [-0.2, -0.15) is 0 Å². The highest BCUT2D eigenvalue weighted by Crippen LogP contribution is 2.40. The van der Waals surface area contributed by atoms with Crippen LogP contribution < -0.4 is 11.1 Å².